The number of aliphatic hydroxyl groups is 1. The molecular formula is C17H26N2O3. The molecule has 22 heavy (non-hydrogen) atoms. The van der Waals surface area contributed by atoms with Gasteiger partial charge in [-0.05, 0) is 25.3 Å². The second-order valence-corrected chi connectivity index (χ2v) is 5.85. The van der Waals surface area contributed by atoms with Crippen LogP contribution in [-0.2, 0) is 11.3 Å². The van der Waals surface area contributed by atoms with E-state index in [4.69, 9.17) is 4.74 Å². The lowest BCUT2D eigenvalue weighted by Gasteiger charge is -2.27. The first-order chi connectivity index (χ1) is 10.6. The number of hydrogen-bond donors (Lipinski definition) is 2. The highest BCUT2D eigenvalue weighted by molar-refractivity contribution is 5.74. The highest BCUT2D eigenvalue weighted by Gasteiger charge is 2.28. The van der Waals surface area contributed by atoms with E-state index in [1.807, 2.05) is 44.2 Å². The maximum Gasteiger partial charge on any atom is 0.318 e. The zero-order valence-electron chi connectivity index (χ0n) is 13.4. The molecule has 2 rings (SSSR count). The quantitative estimate of drug-likeness (QED) is 0.846. The molecule has 5 heteroatoms. The summed E-state index contributed by atoms with van der Waals surface area (Å²) in [5.41, 5.74) is 1.05. The molecule has 2 N–H and O–H groups in total. The first-order valence-corrected chi connectivity index (χ1v) is 7.99. The third kappa shape index (κ3) is 4.71. The van der Waals surface area contributed by atoms with Crippen molar-refractivity contribution in [2.45, 2.75) is 51.5 Å². The van der Waals surface area contributed by atoms with Gasteiger partial charge in [0.15, 0.2) is 0 Å². The van der Waals surface area contributed by atoms with Crippen LogP contribution >= 0.6 is 0 Å². The number of benzene rings is 1. The Morgan fingerprint density at radius 1 is 1.45 bits per heavy atom. The molecule has 1 saturated heterocycles. The molecule has 0 bridgehead atoms. The number of nitrogens with zero attached hydrogens (tertiary/aromatic N) is 1. The first kappa shape index (κ1) is 16.8. The van der Waals surface area contributed by atoms with Gasteiger partial charge in [0.2, 0.25) is 0 Å². The van der Waals surface area contributed by atoms with E-state index in [1.165, 1.54) is 0 Å². The number of hydrogen-bond acceptors (Lipinski definition) is 3. The Kier molecular flexibility index (Phi) is 6.21. The second-order valence-electron chi connectivity index (χ2n) is 5.85. The van der Waals surface area contributed by atoms with Crippen LogP contribution in [-0.4, -0.2) is 47.4 Å². The Bertz CT molecular complexity index is 466. The molecule has 0 radical (unpaired) electrons. The van der Waals surface area contributed by atoms with Gasteiger partial charge < -0.3 is 20.1 Å². The second kappa shape index (κ2) is 8.15. The minimum atomic E-state index is -0.508. The summed E-state index contributed by atoms with van der Waals surface area (Å²) >= 11 is 0. The van der Waals surface area contributed by atoms with Gasteiger partial charge in [0.1, 0.15) is 0 Å². The van der Waals surface area contributed by atoms with E-state index < -0.39 is 6.10 Å². The number of urea groups is 1. The molecule has 1 fully saturated rings. The Hall–Kier alpha value is -1.59. The van der Waals surface area contributed by atoms with Crippen LogP contribution in [0.5, 0.6) is 0 Å². The summed E-state index contributed by atoms with van der Waals surface area (Å²) < 4.78 is 5.48. The van der Waals surface area contributed by atoms with Gasteiger partial charge in [0, 0.05) is 19.7 Å². The normalized spacial score (nSPS) is 22.3. The summed E-state index contributed by atoms with van der Waals surface area (Å²) in [6.07, 6.45) is 0.995. The minimum Gasteiger partial charge on any atom is -0.391 e. The van der Waals surface area contributed by atoms with Crippen molar-refractivity contribution in [2.24, 2.45) is 0 Å². The Morgan fingerprint density at radius 2 is 2.18 bits per heavy atom. The Morgan fingerprint density at radius 3 is 2.77 bits per heavy atom. The van der Waals surface area contributed by atoms with Crippen molar-refractivity contribution < 1.29 is 14.6 Å². The van der Waals surface area contributed by atoms with E-state index in [-0.39, 0.29) is 18.2 Å². The van der Waals surface area contributed by atoms with Gasteiger partial charge in [-0.1, -0.05) is 37.3 Å². The maximum absolute atomic E-state index is 12.5. The van der Waals surface area contributed by atoms with E-state index >= 15 is 0 Å². The van der Waals surface area contributed by atoms with Crippen LogP contribution in [0.1, 0.15) is 32.3 Å². The number of carbonyl (C=O) groups excluding carboxylic acids is 1. The topological polar surface area (TPSA) is 61.8 Å². The fourth-order valence-corrected chi connectivity index (χ4v) is 2.58. The van der Waals surface area contributed by atoms with Gasteiger partial charge in [-0.2, -0.15) is 0 Å². The summed E-state index contributed by atoms with van der Waals surface area (Å²) in [6, 6.07) is 9.73. The fraction of sp³-hybridized carbons (Fsp3) is 0.588. The summed E-state index contributed by atoms with van der Waals surface area (Å²) in [4.78, 5) is 14.2. The summed E-state index contributed by atoms with van der Waals surface area (Å²) in [5, 5.41) is 13.0. The molecule has 0 aliphatic carbocycles. The van der Waals surface area contributed by atoms with Crippen LogP contribution in [0.4, 0.5) is 4.79 Å². The van der Waals surface area contributed by atoms with Gasteiger partial charge in [-0.15, -0.1) is 0 Å². The molecule has 3 unspecified atom stereocenters. The van der Waals surface area contributed by atoms with Crippen LogP contribution in [0.25, 0.3) is 0 Å². The molecule has 0 saturated carbocycles. The van der Waals surface area contributed by atoms with Crippen molar-refractivity contribution in [1.82, 2.24) is 10.2 Å². The lowest BCUT2D eigenvalue weighted by Crippen LogP contribution is -2.48. The molecule has 122 valence electrons. The number of nitrogens with one attached hydrogen (secondary N) is 1. The maximum atomic E-state index is 12.5. The van der Waals surface area contributed by atoms with E-state index in [2.05, 4.69) is 5.32 Å². The van der Waals surface area contributed by atoms with E-state index in [1.54, 1.807) is 4.90 Å². The fourth-order valence-electron chi connectivity index (χ4n) is 2.58. The standard InChI is InChI=1S/C17H26N2O3/c1-3-15(20)12-19(11-14-7-5-4-6-8-14)17(21)18-16-9-10-22-13(16)2/h4-8,13,15-16,20H,3,9-12H2,1-2H3,(H,18,21). The molecule has 1 aliphatic rings. The van der Waals surface area contributed by atoms with E-state index in [0.717, 1.165) is 12.0 Å². The van der Waals surface area contributed by atoms with Crippen LogP contribution in [0.15, 0.2) is 30.3 Å². The SMILES string of the molecule is CCC(O)CN(Cc1ccccc1)C(=O)NC1CCOC1C. The van der Waals surface area contributed by atoms with E-state index in [0.29, 0.717) is 26.1 Å². The number of amides is 2. The largest absolute Gasteiger partial charge is 0.391 e. The van der Waals surface area contributed by atoms with Crippen molar-refractivity contribution in [3.8, 4) is 0 Å². The molecule has 1 aromatic rings. The predicted octanol–water partition coefficient (Wildman–Crippen LogP) is 2.15. The van der Waals surface area contributed by atoms with Crippen molar-refractivity contribution in [3.05, 3.63) is 35.9 Å². The average Bonchev–Trinajstić information content (AvgIpc) is 2.92. The molecular weight excluding hydrogens is 280 g/mol. The van der Waals surface area contributed by atoms with E-state index in [9.17, 15) is 9.90 Å². The lowest BCUT2D eigenvalue weighted by molar-refractivity contribution is 0.102. The van der Waals surface area contributed by atoms with Crippen molar-refractivity contribution >= 4 is 6.03 Å². The van der Waals surface area contributed by atoms with Crippen LogP contribution in [0.3, 0.4) is 0 Å². The zero-order chi connectivity index (χ0) is 15.9. The Balaban J connectivity index is 2.00. The molecule has 1 aliphatic heterocycles. The van der Waals surface area contributed by atoms with Crippen LogP contribution in [0.2, 0.25) is 0 Å². The molecule has 2 amide bonds. The third-order valence-electron chi connectivity index (χ3n) is 4.09. The first-order valence-electron chi connectivity index (χ1n) is 7.99. The molecule has 3 atom stereocenters. The van der Waals surface area contributed by atoms with Gasteiger partial charge in [-0.3, -0.25) is 0 Å². The average molecular weight is 306 g/mol. The van der Waals surface area contributed by atoms with Gasteiger partial charge >= 0.3 is 6.03 Å². The van der Waals surface area contributed by atoms with Gasteiger partial charge in [0.25, 0.3) is 0 Å². The Labute approximate surface area is 132 Å². The monoisotopic (exact) mass is 306 g/mol. The number of ether oxygens (including phenoxy) is 1. The molecule has 0 aromatic heterocycles. The minimum absolute atomic E-state index is 0.0404. The van der Waals surface area contributed by atoms with Crippen molar-refractivity contribution in [2.75, 3.05) is 13.2 Å². The van der Waals surface area contributed by atoms with Gasteiger partial charge in [-0.25, -0.2) is 4.79 Å². The summed E-state index contributed by atoms with van der Waals surface area (Å²) in [6.45, 7) is 5.39. The molecule has 1 heterocycles. The summed E-state index contributed by atoms with van der Waals surface area (Å²) in [7, 11) is 0. The lowest BCUT2D eigenvalue weighted by atomic mass is 10.1. The predicted molar refractivity (Wildman–Crippen MR) is 85.5 cm³/mol. The van der Waals surface area contributed by atoms with Crippen molar-refractivity contribution in [3.63, 3.8) is 0 Å². The molecule has 5 nitrogen and oxygen atoms in total. The van der Waals surface area contributed by atoms with Crippen LogP contribution < -0.4 is 5.32 Å². The van der Waals surface area contributed by atoms with Crippen LogP contribution in [0, 0.1) is 0 Å². The van der Waals surface area contributed by atoms with Gasteiger partial charge in [0.05, 0.1) is 18.2 Å². The number of carbonyl (C=O) groups is 1. The number of aliphatic hydroxyl groups excluding tert-OH is 1. The highest BCUT2D eigenvalue weighted by Crippen LogP contribution is 2.14. The molecule has 1 aromatic carbocycles. The highest BCUT2D eigenvalue weighted by atomic mass is 16.5. The van der Waals surface area contributed by atoms with Crippen molar-refractivity contribution in [1.29, 1.82) is 0 Å². The molecule has 0 spiro atoms. The smallest absolute Gasteiger partial charge is 0.318 e. The summed E-state index contributed by atoms with van der Waals surface area (Å²) in [5.74, 6) is 0. The number of rotatable bonds is 6. The third-order valence-corrected chi connectivity index (χ3v) is 4.09. The zero-order valence-corrected chi connectivity index (χ0v) is 13.4.